The van der Waals surface area contributed by atoms with Crippen LogP contribution in [0.1, 0.15) is 44.2 Å². The highest BCUT2D eigenvalue weighted by molar-refractivity contribution is 7.89. The summed E-state index contributed by atoms with van der Waals surface area (Å²) in [6.07, 6.45) is 3.14. The summed E-state index contributed by atoms with van der Waals surface area (Å²) >= 11 is 0. The van der Waals surface area contributed by atoms with Crippen molar-refractivity contribution in [1.29, 1.82) is 0 Å². The van der Waals surface area contributed by atoms with Gasteiger partial charge in [0.05, 0.1) is 4.90 Å². The van der Waals surface area contributed by atoms with Crippen LogP contribution in [0.4, 0.5) is 0 Å². The third-order valence-electron chi connectivity index (χ3n) is 5.61. The van der Waals surface area contributed by atoms with Crippen LogP contribution >= 0.6 is 0 Å². The molecule has 28 heavy (non-hydrogen) atoms. The van der Waals surface area contributed by atoms with Gasteiger partial charge in [-0.15, -0.1) is 0 Å². The molecule has 2 rings (SSSR count). The molecule has 1 amide bonds. The summed E-state index contributed by atoms with van der Waals surface area (Å²) in [4.78, 5) is 23.9. The summed E-state index contributed by atoms with van der Waals surface area (Å²) in [5.41, 5.74) is 1.82. The third-order valence-corrected chi connectivity index (χ3v) is 7.01. The number of carbonyl (C=O) groups excluding carboxylic acids is 2. The van der Waals surface area contributed by atoms with Gasteiger partial charge in [-0.3, -0.25) is 9.59 Å². The molecular weight excluding hydrogens is 380 g/mol. The molecular formula is C20H30N2O5S. The fourth-order valence-electron chi connectivity index (χ4n) is 3.35. The molecule has 0 aromatic heterocycles. The van der Waals surface area contributed by atoms with Crippen LogP contribution < -0.4 is 10.0 Å². The van der Waals surface area contributed by atoms with Crippen molar-refractivity contribution in [2.24, 2.45) is 11.8 Å². The van der Waals surface area contributed by atoms with Gasteiger partial charge < -0.3 is 10.1 Å². The zero-order chi connectivity index (χ0) is 20.9. The van der Waals surface area contributed by atoms with E-state index >= 15 is 0 Å². The SMILES string of the molecule is Cc1ccc(S(=O)(=O)NCC(=O)OCC(=O)N[C@@H]2CCC[C@@H](C)[C@H]2C)cc1C. The van der Waals surface area contributed by atoms with Crippen molar-refractivity contribution in [2.75, 3.05) is 13.2 Å². The normalized spacial score (nSPS) is 22.5. The first-order valence-electron chi connectivity index (χ1n) is 9.62. The van der Waals surface area contributed by atoms with E-state index in [1.807, 2.05) is 13.8 Å². The van der Waals surface area contributed by atoms with E-state index in [1.165, 1.54) is 6.07 Å². The van der Waals surface area contributed by atoms with Gasteiger partial charge in [-0.2, -0.15) is 4.72 Å². The second-order valence-electron chi connectivity index (χ2n) is 7.67. The number of hydrogen-bond acceptors (Lipinski definition) is 5. The van der Waals surface area contributed by atoms with Crippen LogP contribution in [0, 0.1) is 25.7 Å². The molecule has 0 aliphatic heterocycles. The number of hydrogen-bond donors (Lipinski definition) is 2. The van der Waals surface area contributed by atoms with Gasteiger partial charge in [0.25, 0.3) is 5.91 Å². The van der Waals surface area contributed by atoms with Crippen molar-refractivity contribution < 1.29 is 22.7 Å². The predicted molar refractivity (Wildman–Crippen MR) is 106 cm³/mol. The minimum Gasteiger partial charge on any atom is -0.455 e. The molecule has 3 atom stereocenters. The van der Waals surface area contributed by atoms with E-state index in [-0.39, 0.29) is 16.8 Å². The number of benzene rings is 1. The molecule has 7 nitrogen and oxygen atoms in total. The third kappa shape index (κ3) is 6.04. The monoisotopic (exact) mass is 410 g/mol. The fraction of sp³-hybridized carbons (Fsp3) is 0.600. The van der Waals surface area contributed by atoms with Crippen LogP contribution in [0.3, 0.4) is 0 Å². The Kier molecular flexibility index (Phi) is 7.60. The molecule has 0 radical (unpaired) electrons. The number of amides is 1. The van der Waals surface area contributed by atoms with Crippen LogP contribution in [-0.4, -0.2) is 39.5 Å². The van der Waals surface area contributed by atoms with E-state index in [1.54, 1.807) is 12.1 Å². The molecule has 156 valence electrons. The van der Waals surface area contributed by atoms with Crippen molar-refractivity contribution in [1.82, 2.24) is 10.0 Å². The highest BCUT2D eigenvalue weighted by Gasteiger charge is 2.28. The number of rotatable bonds is 7. The molecule has 0 heterocycles. The number of esters is 1. The first kappa shape index (κ1) is 22.4. The van der Waals surface area contributed by atoms with E-state index in [0.29, 0.717) is 11.8 Å². The van der Waals surface area contributed by atoms with E-state index in [9.17, 15) is 18.0 Å². The second-order valence-corrected chi connectivity index (χ2v) is 9.44. The van der Waals surface area contributed by atoms with Gasteiger partial charge in [0.15, 0.2) is 6.61 Å². The van der Waals surface area contributed by atoms with E-state index in [4.69, 9.17) is 4.74 Å². The minimum absolute atomic E-state index is 0.0817. The molecule has 0 spiro atoms. The molecule has 1 aromatic carbocycles. The quantitative estimate of drug-likeness (QED) is 0.670. The number of carbonyl (C=O) groups is 2. The summed E-state index contributed by atoms with van der Waals surface area (Å²) < 4.78 is 31.6. The maximum atomic E-state index is 12.3. The first-order chi connectivity index (χ1) is 13.1. The van der Waals surface area contributed by atoms with Crippen LogP contribution in [0.25, 0.3) is 0 Å². The molecule has 0 unspecified atom stereocenters. The Morgan fingerprint density at radius 1 is 1.14 bits per heavy atom. The summed E-state index contributed by atoms with van der Waals surface area (Å²) in [7, 11) is -3.82. The molecule has 1 saturated carbocycles. The number of nitrogens with one attached hydrogen (secondary N) is 2. The van der Waals surface area contributed by atoms with Gasteiger partial charge in [0.1, 0.15) is 6.54 Å². The molecule has 8 heteroatoms. The Bertz CT molecular complexity index is 822. The van der Waals surface area contributed by atoms with E-state index < -0.39 is 29.1 Å². The Balaban J connectivity index is 1.79. The molecule has 0 bridgehead atoms. The lowest BCUT2D eigenvalue weighted by molar-refractivity contribution is -0.147. The summed E-state index contributed by atoms with van der Waals surface area (Å²) in [5, 5.41) is 2.91. The maximum Gasteiger partial charge on any atom is 0.321 e. The van der Waals surface area contributed by atoms with Gasteiger partial charge in [0.2, 0.25) is 10.0 Å². The van der Waals surface area contributed by atoms with Crippen LogP contribution in [0.5, 0.6) is 0 Å². The van der Waals surface area contributed by atoms with Gasteiger partial charge in [-0.25, -0.2) is 8.42 Å². The van der Waals surface area contributed by atoms with Crippen molar-refractivity contribution >= 4 is 21.9 Å². The molecule has 1 aliphatic rings. The fourth-order valence-corrected chi connectivity index (χ4v) is 4.40. The van der Waals surface area contributed by atoms with Crippen molar-refractivity contribution in [3.63, 3.8) is 0 Å². The average molecular weight is 411 g/mol. The molecule has 1 aliphatic carbocycles. The highest BCUT2D eigenvalue weighted by atomic mass is 32.2. The van der Waals surface area contributed by atoms with Crippen LogP contribution in [0.2, 0.25) is 0 Å². The smallest absolute Gasteiger partial charge is 0.321 e. The number of ether oxygens (including phenoxy) is 1. The van der Waals surface area contributed by atoms with Crippen LogP contribution in [0.15, 0.2) is 23.1 Å². The van der Waals surface area contributed by atoms with Crippen molar-refractivity contribution in [3.05, 3.63) is 29.3 Å². The molecule has 1 fully saturated rings. The Labute approximate surface area is 167 Å². The van der Waals surface area contributed by atoms with Gasteiger partial charge >= 0.3 is 5.97 Å². The number of sulfonamides is 1. The molecule has 1 aromatic rings. The Hall–Kier alpha value is -1.93. The van der Waals surface area contributed by atoms with Crippen LogP contribution in [-0.2, 0) is 24.3 Å². The number of aryl methyl sites for hydroxylation is 2. The summed E-state index contributed by atoms with van der Waals surface area (Å²) in [6.45, 7) is 7.04. The average Bonchev–Trinajstić information content (AvgIpc) is 2.64. The first-order valence-corrected chi connectivity index (χ1v) is 11.1. The Morgan fingerprint density at radius 3 is 2.54 bits per heavy atom. The van der Waals surface area contributed by atoms with Crippen molar-refractivity contribution in [3.8, 4) is 0 Å². The second kappa shape index (κ2) is 9.52. The lowest BCUT2D eigenvalue weighted by atomic mass is 9.78. The Morgan fingerprint density at radius 2 is 1.86 bits per heavy atom. The largest absolute Gasteiger partial charge is 0.455 e. The molecule has 0 saturated heterocycles. The lowest BCUT2D eigenvalue weighted by Crippen LogP contribution is -2.45. The zero-order valence-corrected chi connectivity index (χ0v) is 17.8. The van der Waals surface area contributed by atoms with Crippen molar-refractivity contribution in [2.45, 2.75) is 57.9 Å². The van der Waals surface area contributed by atoms with E-state index in [0.717, 1.165) is 30.4 Å². The minimum atomic E-state index is -3.82. The van der Waals surface area contributed by atoms with Gasteiger partial charge in [-0.1, -0.05) is 32.8 Å². The lowest BCUT2D eigenvalue weighted by Gasteiger charge is -2.34. The van der Waals surface area contributed by atoms with Gasteiger partial charge in [0, 0.05) is 6.04 Å². The highest BCUT2D eigenvalue weighted by Crippen LogP contribution is 2.29. The zero-order valence-electron chi connectivity index (χ0n) is 16.9. The van der Waals surface area contributed by atoms with Gasteiger partial charge in [-0.05, 0) is 55.4 Å². The standard InChI is InChI=1S/C20H30N2O5S/c1-13-8-9-17(10-15(13)3)28(25,26)21-11-20(24)27-12-19(23)22-18-7-5-6-14(2)16(18)4/h8-10,14,16,18,21H,5-7,11-12H2,1-4H3,(H,22,23)/t14-,16-,18-/m1/s1. The maximum absolute atomic E-state index is 12.3. The summed E-state index contributed by atoms with van der Waals surface area (Å²) in [5.74, 6) is -0.247. The predicted octanol–water partition coefficient (Wildman–Crippen LogP) is 2.07. The summed E-state index contributed by atoms with van der Waals surface area (Å²) in [6, 6.07) is 4.82. The topological polar surface area (TPSA) is 102 Å². The molecule has 2 N–H and O–H groups in total. The van der Waals surface area contributed by atoms with E-state index in [2.05, 4.69) is 23.9 Å².